The molecule has 1 saturated heterocycles. The molecule has 2 heterocycles. The van der Waals surface area contributed by atoms with E-state index in [1.807, 2.05) is 72.0 Å². The maximum absolute atomic E-state index is 13.6. The molecule has 1 unspecified atom stereocenters. The first kappa shape index (κ1) is 22.2. The van der Waals surface area contributed by atoms with Gasteiger partial charge in [-0.3, -0.25) is 9.69 Å². The van der Waals surface area contributed by atoms with Gasteiger partial charge in [0, 0.05) is 43.5 Å². The molecule has 1 aromatic heterocycles. The molecule has 1 aliphatic heterocycles. The number of morpholine rings is 1. The summed E-state index contributed by atoms with van der Waals surface area (Å²) in [4.78, 5) is 18.0. The van der Waals surface area contributed by atoms with Crippen LogP contribution in [0.4, 0.5) is 0 Å². The Labute approximate surface area is 190 Å². The van der Waals surface area contributed by atoms with E-state index in [2.05, 4.69) is 29.1 Å². The Bertz CT molecular complexity index is 1020. The maximum atomic E-state index is 13.6. The molecule has 1 aliphatic rings. The molecule has 0 N–H and O–H groups in total. The van der Waals surface area contributed by atoms with E-state index in [4.69, 9.17) is 4.74 Å². The minimum absolute atomic E-state index is 0.0505. The predicted octanol–water partition coefficient (Wildman–Crippen LogP) is 3.85. The number of ether oxygens (including phenoxy) is 1. The predicted molar refractivity (Wildman–Crippen MR) is 126 cm³/mol. The topological polar surface area (TPSA) is 50.6 Å². The van der Waals surface area contributed by atoms with Crippen LogP contribution in [-0.2, 0) is 11.3 Å². The molecule has 0 bridgehead atoms. The lowest BCUT2D eigenvalue weighted by molar-refractivity contribution is 0.0228. The van der Waals surface area contributed by atoms with Crippen molar-refractivity contribution < 1.29 is 9.53 Å². The van der Waals surface area contributed by atoms with Gasteiger partial charge in [0.2, 0.25) is 0 Å². The summed E-state index contributed by atoms with van der Waals surface area (Å²) in [7, 11) is 0. The van der Waals surface area contributed by atoms with Crippen molar-refractivity contribution in [3.63, 3.8) is 0 Å². The highest BCUT2D eigenvalue weighted by molar-refractivity contribution is 5.94. The Morgan fingerprint density at radius 3 is 2.38 bits per heavy atom. The highest BCUT2D eigenvalue weighted by Gasteiger charge is 2.24. The van der Waals surface area contributed by atoms with E-state index in [-0.39, 0.29) is 11.9 Å². The SMILES string of the molecule is Cc1cc(C)n(-c2ccc(C(=O)N(Cc3ccccc3)C(C)CN3CCOCC3)cc2)n1. The molecule has 0 aliphatic carbocycles. The second-order valence-corrected chi connectivity index (χ2v) is 8.57. The highest BCUT2D eigenvalue weighted by Crippen LogP contribution is 2.18. The molecular formula is C26H32N4O2. The van der Waals surface area contributed by atoms with Crippen LogP contribution in [0.15, 0.2) is 60.7 Å². The van der Waals surface area contributed by atoms with E-state index < -0.39 is 0 Å². The van der Waals surface area contributed by atoms with Gasteiger partial charge in [-0.25, -0.2) is 4.68 Å². The third kappa shape index (κ3) is 5.26. The number of aromatic nitrogens is 2. The minimum atomic E-state index is 0.0505. The smallest absolute Gasteiger partial charge is 0.254 e. The van der Waals surface area contributed by atoms with Gasteiger partial charge in [-0.05, 0) is 56.7 Å². The lowest BCUT2D eigenvalue weighted by atomic mass is 10.1. The summed E-state index contributed by atoms with van der Waals surface area (Å²) in [5.74, 6) is 0.0505. The third-order valence-corrected chi connectivity index (χ3v) is 5.98. The van der Waals surface area contributed by atoms with E-state index in [1.165, 1.54) is 0 Å². The molecule has 0 saturated carbocycles. The first-order valence-corrected chi connectivity index (χ1v) is 11.3. The number of benzene rings is 2. The molecule has 0 spiro atoms. The first-order chi connectivity index (χ1) is 15.5. The summed E-state index contributed by atoms with van der Waals surface area (Å²) >= 11 is 0. The van der Waals surface area contributed by atoms with Gasteiger partial charge in [0.15, 0.2) is 0 Å². The number of amides is 1. The Balaban J connectivity index is 1.55. The Morgan fingerprint density at radius 1 is 1.06 bits per heavy atom. The van der Waals surface area contributed by atoms with Crippen LogP contribution in [0.3, 0.4) is 0 Å². The summed E-state index contributed by atoms with van der Waals surface area (Å²) in [5.41, 5.74) is 4.84. The molecule has 2 aromatic carbocycles. The van der Waals surface area contributed by atoms with Crippen LogP contribution in [-0.4, -0.2) is 64.4 Å². The minimum Gasteiger partial charge on any atom is -0.379 e. The van der Waals surface area contributed by atoms with Gasteiger partial charge in [-0.1, -0.05) is 30.3 Å². The average molecular weight is 433 g/mol. The van der Waals surface area contributed by atoms with Gasteiger partial charge in [-0.2, -0.15) is 5.10 Å². The highest BCUT2D eigenvalue weighted by atomic mass is 16.5. The van der Waals surface area contributed by atoms with Crippen molar-refractivity contribution in [2.75, 3.05) is 32.8 Å². The molecule has 1 atom stereocenters. The number of hydrogen-bond acceptors (Lipinski definition) is 4. The summed E-state index contributed by atoms with van der Waals surface area (Å²) in [6.45, 7) is 10.9. The standard InChI is InChI=1S/C26H32N4O2/c1-20-17-21(2)30(27-20)25-11-9-24(10-12-25)26(31)29(19-23-7-5-4-6-8-23)22(3)18-28-13-15-32-16-14-28/h4-12,17,22H,13-16,18-19H2,1-3H3. The van der Waals surface area contributed by atoms with Crippen LogP contribution in [0.1, 0.15) is 34.2 Å². The van der Waals surface area contributed by atoms with Crippen LogP contribution in [0.2, 0.25) is 0 Å². The van der Waals surface area contributed by atoms with Gasteiger partial charge in [0.1, 0.15) is 0 Å². The number of hydrogen-bond donors (Lipinski definition) is 0. The molecule has 32 heavy (non-hydrogen) atoms. The first-order valence-electron chi connectivity index (χ1n) is 11.3. The van der Waals surface area contributed by atoms with Crippen molar-refractivity contribution in [3.8, 4) is 5.69 Å². The molecule has 0 radical (unpaired) electrons. The zero-order valence-electron chi connectivity index (χ0n) is 19.2. The quantitative estimate of drug-likeness (QED) is 0.569. The van der Waals surface area contributed by atoms with Crippen molar-refractivity contribution >= 4 is 5.91 Å². The Morgan fingerprint density at radius 2 is 1.75 bits per heavy atom. The number of aryl methyl sites for hydroxylation is 2. The van der Waals surface area contributed by atoms with E-state index in [0.717, 1.165) is 55.5 Å². The largest absolute Gasteiger partial charge is 0.379 e. The van der Waals surface area contributed by atoms with Crippen LogP contribution < -0.4 is 0 Å². The van der Waals surface area contributed by atoms with Crippen molar-refractivity contribution in [1.29, 1.82) is 0 Å². The van der Waals surface area contributed by atoms with Gasteiger partial charge in [0.05, 0.1) is 24.6 Å². The molecule has 168 valence electrons. The monoisotopic (exact) mass is 432 g/mol. The molecule has 4 rings (SSSR count). The number of carbonyl (C=O) groups excluding carboxylic acids is 1. The van der Waals surface area contributed by atoms with Gasteiger partial charge < -0.3 is 9.64 Å². The van der Waals surface area contributed by atoms with Crippen LogP contribution in [0, 0.1) is 13.8 Å². The molecule has 1 fully saturated rings. The lowest BCUT2D eigenvalue weighted by Gasteiger charge is -2.35. The zero-order valence-corrected chi connectivity index (χ0v) is 19.2. The van der Waals surface area contributed by atoms with E-state index in [0.29, 0.717) is 12.1 Å². The van der Waals surface area contributed by atoms with E-state index in [9.17, 15) is 4.79 Å². The van der Waals surface area contributed by atoms with Crippen LogP contribution in [0.25, 0.3) is 5.69 Å². The average Bonchev–Trinajstić information content (AvgIpc) is 3.16. The molecule has 6 heteroatoms. The molecule has 3 aromatic rings. The Hall–Kier alpha value is -2.96. The summed E-state index contributed by atoms with van der Waals surface area (Å²) in [5, 5.41) is 4.54. The van der Waals surface area contributed by atoms with Crippen molar-refractivity contribution in [2.45, 2.75) is 33.4 Å². The normalized spacial score (nSPS) is 15.5. The summed E-state index contributed by atoms with van der Waals surface area (Å²) < 4.78 is 7.39. The van der Waals surface area contributed by atoms with E-state index >= 15 is 0 Å². The third-order valence-electron chi connectivity index (χ3n) is 5.98. The van der Waals surface area contributed by atoms with Crippen molar-refractivity contribution in [2.24, 2.45) is 0 Å². The van der Waals surface area contributed by atoms with E-state index in [1.54, 1.807) is 0 Å². The van der Waals surface area contributed by atoms with Crippen molar-refractivity contribution in [1.82, 2.24) is 19.6 Å². The second-order valence-electron chi connectivity index (χ2n) is 8.57. The summed E-state index contributed by atoms with van der Waals surface area (Å²) in [6, 6.07) is 20.1. The second kappa shape index (κ2) is 10.1. The molecular weight excluding hydrogens is 400 g/mol. The van der Waals surface area contributed by atoms with Crippen molar-refractivity contribution in [3.05, 3.63) is 83.2 Å². The maximum Gasteiger partial charge on any atom is 0.254 e. The van der Waals surface area contributed by atoms with Gasteiger partial charge in [-0.15, -0.1) is 0 Å². The number of nitrogens with zero attached hydrogens (tertiary/aromatic N) is 4. The molecule has 1 amide bonds. The van der Waals surface area contributed by atoms with Crippen LogP contribution >= 0.6 is 0 Å². The molecule has 6 nitrogen and oxygen atoms in total. The Kier molecular flexibility index (Phi) is 7.02. The number of carbonyl (C=O) groups is 1. The zero-order chi connectivity index (χ0) is 22.5. The summed E-state index contributed by atoms with van der Waals surface area (Å²) in [6.07, 6.45) is 0. The van der Waals surface area contributed by atoms with Gasteiger partial charge in [0.25, 0.3) is 5.91 Å². The van der Waals surface area contributed by atoms with Crippen LogP contribution in [0.5, 0.6) is 0 Å². The van der Waals surface area contributed by atoms with Gasteiger partial charge >= 0.3 is 0 Å². The fourth-order valence-corrected chi connectivity index (χ4v) is 4.27. The fourth-order valence-electron chi connectivity index (χ4n) is 4.27. The number of rotatable bonds is 7. The lowest BCUT2D eigenvalue weighted by Crippen LogP contribution is -2.48. The fraction of sp³-hybridized carbons (Fsp3) is 0.385.